The quantitative estimate of drug-likeness (QED) is 0.0645. The molecule has 3 saturated heterocycles. The van der Waals surface area contributed by atoms with Crippen LogP contribution in [-0.4, -0.2) is 81.7 Å². The summed E-state index contributed by atoms with van der Waals surface area (Å²) in [5.74, 6) is 1.22. The van der Waals surface area contributed by atoms with Gasteiger partial charge in [0, 0.05) is 5.56 Å². The van der Waals surface area contributed by atoms with Crippen molar-refractivity contribution in [2.24, 2.45) is 0 Å². The second-order valence-corrected chi connectivity index (χ2v) is 18.2. The minimum atomic E-state index is -1.11. The fourth-order valence-corrected chi connectivity index (χ4v) is 9.32. The molecular weight excluding hydrogens is 925 g/mol. The fraction of sp³-hybridized carbons (Fsp3) is 0.311. The predicted molar refractivity (Wildman–Crippen MR) is 272 cm³/mol. The molecule has 10 rings (SSSR count). The number of benzene rings is 7. The number of rotatable bonds is 22. The third-order valence-electron chi connectivity index (χ3n) is 13.1. The monoisotopic (exact) mass is 986 g/mol. The third kappa shape index (κ3) is 13.5. The van der Waals surface area contributed by atoms with Gasteiger partial charge < -0.3 is 56.8 Å². The molecule has 0 amide bonds. The molecule has 7 aromatic carbocycles. The van der Waals surface area contributed by atoms with Crippen LogP contribution in [-0.2, 0) is 80.4 Å². The first-order valence-electron chi connectivity index (χ1n) is 25.0. The van der Waals surface area contributed by atoms with E-state index < -0.39 is 67.7 Å². The van der Waals surface area contributed by atoms with Crippen LogP contribution in [0.15, 0.2) is 206 Å². The van der Waals surface area contributed by atoms with Crippen LogP contribution in [0, 0.1) is 0 Å². The van der Waals surface area contributed by atoms with Crippen molar-refractivity contribution in [1.29, 1.82) is 0 Å². The molecule has 0 spiro atoms. The molecule has 0 radical (unpaired) electrons. The van der Waals surface area contributed by atoms with Crippen LogP contribution in [0.3, 0.4) is 0 Å². The molecule has 0 unspecified atom stereocenters. The zero-order valence-electron chi connectivity index (χ0n) is 40.8. The summed E-state index contributed by atoms with van der Waals surface area (Å²) in [7, 11) is 1.63. The van der Waals surface area contributed by atoms with Gasteiger partial charge in [-0.25, -0.2) is 0 Å². The summed E-state index contributed by atoms with van der Waals surface area (Å²) >= 11 is 0. The van der Waals surface area contributed by atoms with Crippen LogP contribution >= 0.6 is 0 Å². The van der Waals surface area contributed by atoms with E-state index in [1.165, 1.54) is 0 Å². The van der Waals surface area contributed by atoms with Crippen LogP contribution in [0.2, 0.25) is 0 Å². The molecule has 3 heterocycles. The van der Waals surface area contributed by atoms with Gasteiger partial charge in [0.15, 0.2) is 12.6 Å². The Morgan fingerprint density at radius 2 is 0.849 bits per heavy atom. The van der Waals surface area contributed by atoms with E-state index in [9.17, 15) is 0 Å². The Bertz CT molecular complexity index is 2650. The normalized spacial score (nSPS) is 25.8. The first kappa shape index (κ1) is 50.3. The van der Waals surface area contributed by atoms with Crippen LogP contribution in [0.25, 0.3) is 0 Å². The maximum atomic E-state index is 7.56. The average molecular weight is 987 g/mol. The van der Waals surface area contributed by atoms with Crippen molar-refractivity contribution in [3.63, 3.8) is 0 Å². The lowest BCUT2D eigenvalue weighted by Crippen LogP contribution is -2.67. The summed E-state index contributed by atoms with van der Waals surface area (Å²) in [4.78, 5) is 0. The van der Waals surface area contributed by atoms with E-state index in [0.29, 0.717) is 18.1 Å². The molecule has 73 heavy (non-hydrogen) atoms. The lowest BCUT2D eigenvalue weighted by atomic mass is 9.95. The third-order valence-corrected chi connectivity index (χ3v) is 13.1. The summed E-state index contributed by atoms with van der Waals surface area (Å²) in [6.45, 7) is 1.63. The average Bonchev–Trinajstić information content (AvgIpc) is 3.45. The molecule has 0 bridgehead atoms. The van der Waals surface area contributed by atoms with Gasteiger partial charge in [0.1, 0.15) is 60.3 Å². The first-order valence-corrected chi connectivity index (χ1v) is 25.0. The van der Waals surface area contributed by atoms with E-state index in [4.69, 9.17) is 56.8 Å². The summed E-state index contributed by atoms with van der Waals surface area (Å²) in [5, 5.41) is 0. The highest BCUT2D eigenvalue weighted by molar-refractivity contribution is 5.31. The Labute approximate surface area is 427 Å². The smallest absolute Gasteiger partial charge is 0.229 e. The highest BCUT2D eigenvalue weighted by Gasteiger charge is 2.56. The largest absolute Gasteiger partial charge is 0.497 e. The zero-order chi connectivity index (χ0) is 49.4. The predicted octanol–water partition coefficient (Wildman–Crippen LogP) is 10.6. The Morgan fingerprint density at radius 1 is 0.411 bits per heavy atom. The molecule has 3 aliphatic heterocycles. The summed E-state index contributed by atoms with van der Waals surface area (Å²) in [6.07, 6.45) is -9.11. The molecule has 12 nitrogen and oxygen atoms in total. The maximum absolute atomic E-state index is 7.56. The van der Waals surface area contributed by atoms with Crippen LogP contribution in [0.1, 0.15) is 39.7 Å². The second kappa shape index (κ2) is 25.6. The van der Waals surface area contributed by atoms with Crippen LogP contribution in [0.5, 0.6) is 11.5 Å². The number of methoxy groups -OCH3 is 1. The highest BCUT2D eigenvalue weighted by atomic mass is 16.8. The van der Waals surface area contributed by atoms with Crippen molar-refractivity contribution >= 4 is 0 Å². The standard InChI is InChI=1S/C61H62O12/c1-62-49-32-34-50(35-33-49)69-60-58(67-40-47-28-16-6-17-29-47)56(54-52(71-60)42-68-59(72-54)48-30-18-7-19-31-48)73-61-57(66-39-46-26-14-5-15-27-46)55(65-38-45-24-12-4-13-25-45)53(64-37-44-22-10-3-11-23-44)51(70-61)41-63-36-43-20-8-2-9-21-43/h2-35,51-61H,36-42H2,1H3/t51-,52-,53-,54+,55+,56+,57-,58-,59+,60-,61+/m1/s1. The van der Waals surface area contributed by atoms with Gasteiger partial charge in [-0.2, -0.15) is 0 Å². The maximum Gasteiger partial charge on any atom is 0.229 e. The van der Waals surface area contributed by atoms with Crippen LogP contribution < -0.4 is 9.47 Å². The molecule has 3 aliphatic rings. The van der Waals surface area contributed by atoms with Gasteiger partial charge >= 0.3 is 0 Å². The topological polar surface area (TPSA) is 111 Å². The van der Waals surface area contributed by atoms with Gasteiger partial charge in [-0.3, -0.25) is 0 Å². The van der Waals surface area contributed by atoms with Gasteiger partial charge in [-0.15, -0.1) is 0 Å². The lowest BCUT2D eigenvalue weighted by molar-refractivity contribution is -0.395. The highest BCUT2D eigenvalue weighted by Crippen LogP contribution is 2.40. The molecule has 11 atom stereocenters. The van der Waals surface area contributed by atoms with Gasteiger partial charge in [0.2, 0.25) is 6.29 Å². The number of ether oxygens (including phenoxy) is 12. The van der Waals surface area contributed by atoms with Crippen molar-refractivity contribution < 1.29 is 56.8 Å². The second-order valence-electron chi connectivity index (χ2n) is 18.2. The summed E-state index contributed by atoms with van der Waals surface area (Å²) in [5.41, 5.74) is 5.75. The number of hydrogen-bond acceptors (Lipinski definition) is 12. The summed E-state index contributed by atoms with van der Waals surface area (Å²) in [6, 6.07) is 67.3. The van der Waals surface area contributed by atoms with Crippen molar-refractivity contribution in [3.05, 3.63) is 240 Å². The molecule has 7 aromatic rings. The van der Waals surface area contributed by atoms with Gasteiger partial charge in [0.05, 0.1) is 53.4 Å². The SMILES string of the molecule is COc1ccc(O[C@@H]2O[C@@H]3CO[C@H](c4ccccc4)O[C@@H]3[C@H](O[C@@H]3O[C@H](COCc4ccccc4)[C@@H](OCc4ccccc4)[C@H](OCc4ccccc4)[C@H]3OCc3ccccc3)[C@H]2OCc2ccccc2)cc1. The molecule has 3 fully saturated rings. The van der Waals surface area contributed by atoms with Gasteiger partial charge in [0.25, 0.3) is 0 Å². The molecule has 378 valence electrons. The Hall–Kier alpha value is -6.26. The van der Waals surface area contributed by atoms with E-state index in [1.54, 1.807) is 7.11 Å². The Morgan fingerprint density at radius 3 is 1.36 bits per heavy atom. The Kier molecular flexibility index (Phi) is 17.6. The van der Waals surface area contributed by atoms with Crippen molar-refractivity contribution in [2.45, 2.75) is 101 Å². The van der Waals surface area contributed by atoms with E-state index in [2.05, 4.69) is 0 Å². The molecule has 12 heteroatoms. The van der Waals surface area contributed by atoms with Gasteiger partial charge in [-0.05, 0) is 52.1 Å². The molecule has 0 aromatic heterocycles. The zero-order valence-corrected chi connectivity index (χ0v) is 40.8. The first-order chi connectivity index (χ1) is 36.1. The molecular formula is C61H62O12. The minimum Gasteiger partial charge on any atom is -0.497 e. The Balaban J connectivity index is 1.05. The van der Waals surface area contributed by atoms with Crippen LogP contribution in [0.4, 0.5) is 0 Å². The van der Waals surface area contributed by atoms with Crippen molar-refractivity contribution in [3.8, 4) is 11.5 Å². The van der Waals surface area contributed by atoms with E-state index in [-0.39, 0.29) is 39.6 Å². The molecule has 0 saturated carbocycles. The van der Waals surface area contributed by atoms with Crippen molar-refractivity contribution in [2.75, 3.05) is 20.3 Å². The lowest BCUT2D eigenvalue weighted by Gasteiger charge is -2.51. The number of hydrogen-bond donors (Lipinski definition) is 0. The minimum absolute atomic E-state index is 0.141. The van der Waals surface area contributed by atoms with Crippen molar-refractivity contribution in [1.82, 2.24) is 0 Å². The summed E-state index contributed by atoms with van der Waals surface area (Å²) < 4.78 is 82.0. The molecule has 0 aliphatic carbocycles. The molecule has 0 N–H and O–H groups in total. The van der Waals surface area contributed by atoms with E-state index in [0.717, 1.165) is 33.4 Å². The fourth-order valence-electron chi connectivity index (χ4n) is 9.32. The number of fused-ring (bicyclic) bond motifs is 1. The van der Waals surface area contributed by atoms with E-state index >= 15 is 0 Å². The van der Waals surface area contributed by atoms with Gasteiger partial charge in [-0.1, -0.05) is 182 Å². The van der Waals surface area contributed by atoms with E-state index in [1.807, 2.05) is 206 Å².